The van der Waals surface area contributed by atoms with Crippen LogP contribution < -0.4 is 0 Å². The molecule has 0 spiro atoms. The molecule has 0 heterocycles. The topological polar surface area (TPSA) is 3.24 Å². The monoisotopic (exact) mass is 153 g/mol. The Morgan fingerprint density at radius 2 is 2.09 bits per heavy atom. The molecule has 0 aromatic rings. The van der Waals surface area contributed by atoms with Crippen LogP contribution in [0.4, 0.5) is 0 Å². The summed E-state index contributed by atoms with van der Waals surface area (Å²) in [5, 5.41) is 0. The van der Waals surface area contributed by atoms with Crippen molar-refractivity contribution in [3.05, 3.63) is 24.3 Å². The molecule has 1 heteroatoms. The lowest BCUT2D eigenvalue weighted by molar-refractivity contribution is 0.400. The van der Waals surface area contributed by atoms with Crippen LogP contribution in [0.1, 0.15) is 19.8 Å². The maximum absolute atomic E-state index is 3.75. The number of allylic oxidation sites excluding steroid dienone is 3. The summed E-state index contributed by atoms with van der Waals surface area (Å²) in [6.07, 6.45) is 6.44. The number of hydrogen-bond donors (Lipinski definition) is 0. The molecule has 0 saturated carbocycles. The largest absolute Gasteiger partial charge is 0.309 e. The van der Waals surface area contributed by atoms with Crippen molar-refractivity contribution in [3.8, 4) is 0 Å². The van der Waals surface area contributed by atoms with Crippen molar-refractivity contribution >= 4 is 0 Å². The lowest BCUT2D eigenvalue weighted by Gasteiger charge is -2.08. The normalized spacial score (nSPS) is 12.2. The fourth-order valence-electron chi connectivity index (χ4n) is 0.964. The van der Waals surface area contributed by atoms with E-state index < -0.39 is 0 Å². The van der Waals surface area contributed by atoms with Gasteiger partial charge in [-0.25, -0.2) is 0 Å². The van der Waals surface area contributed by atoms with Gasteiger partial charge in [-0.3, -0.25) is 0 Å². The van der Waals surface area contributed by atoms with Crippen molar-refractivity contribution in [3.63, 3.8) is 0 Å². The summed E-state index contributed by atoms with van der Waals surface area (Å²) in [6.45, 7) is 6.97. The Morgan fingerprint density at radius 1 is 1.45 bits per heavy atom. The number of rotatable bonds is 5. The minimum absolute atomic E-state index is 1.15. The Bertz CT molecular complexity index is 134. The van der Waals surface area contributed by atoms with Crippen molar-refractivity contribution in [1.29, 1.82) is 0 Å². The fraction of sp³-hybridized carbons (Fsp3) is 0.600. The van der Waals surface area contributed by atoms with Crippen molar-refractivity contribution in [2.75, 3.05) is 20.6 Å². The summed E-state index contributed by atoms with van der Waals surface area (Å²) in [7, 11) is 4.20. The van der Waals surface area contributed by atoms with Gasteiger partial charge in [-0.1, -0.05) is 24.3 Å². The van der Waals surface area contributed by atoms with E-state index in [-0.39, 0.29) is 0 Å². The van der Waals surface area contributed by atoms with Gasteiger partial charge in [0.1, 0.15) is 0 Å². The first-order chi connectivity index (χ1) is 5.20. The third-order valence-corrected chi connectivity index (χ3v) is 1.70. The Balaban J connectivity index is 3.45. The maximum atomic E-state index is 3.75. The SMILES string of the molecule is C=C/C(=C\C)CCCN(C)C. The standard InChI is InChI=1S/C10H19N/c1-5-10(6-2)8-7-9-11(3)4/h5-6H,1,7-9H2,2-4H3/b10-6+. The van der Waals surface area contributed by atoms with E-state index >= 15 is 0 Å². The van der Waals surface area contributed by atoms with Gasteiger partial charge >= 0.3 is 0 Å². The molecule has 0 saturated heterocycles. The molecule has 0 fully saturated rings. The predicted octanol–water partition coefficient (Wildman–Crippen LogP) is 2.46. The molecular weight excluding hydrogens is 134 g/mol. The summed E-state index contributed by atoms with van der Waals surface area (Å²) < 4.78 is 0. The third kappa shape index (κ3) is 5.86. The average Bonchev–Trinajstić information content (AvgIpc) is 1.98. The van der Waals surface area contributed by atoms with Crippen LogP contribution in [-0.2, 0) is 0 Å². The molecule has 0 aliphatic rings. The molecule has 0 aromatic heterocycles. The smallest absolute Gasteiger partial charge is 0.00217 e. The zero-order valence-corrected chi connectivity index (χ0v) is 7.93. The molecule has 0 atom stereocenters. The minimum atomic E-state index is 1.15. The molecule has 0 aliphatic carbocycles. The summed E-state index contributed by atoms with van der Waals surface area (Å²) in [5.41, 5.74) is 1.35. The first-order valence-electron chi connectivity index (χ1n) is 4.13. The molecule has 0 radical (unpaired) electrons. The zero-order valence-electron chi connectivity index (χ0n) is 7.93. The van der Waals surface area contributed by atoms with Crippen LogP contribution in [-0.4, -0.2) is 25.5 Å². The Kier molecular flexibility index (Phi) is 5.86. The molecular formula is C10H19N. The van der Waals surface area contributed by atoms with E-state index in [0.717, 1.165) is 13.0 Å². The van der Waals surface area contributed by atoms with E-state index in [2.05, 4.69) is 38.6 Å². The number of hydrogen-bond acceptors (Lipinski definition) is 1. The molecule has 11 heavy (non-hydrogen) atoms. The predicted molar refractivity (Wildman–Crippen MR) is 51.7 cm³/mol. The molecule has 0 unspecified atom stereocenters. The van der Waals surface area contributed by atoms with E-state index in [1.54, 1.807) is 0 Å². The molecule has 0 N–H and O–H groups in total. The molecule has 0 aliphatic heterocycles. The Morgan fingerprint density at radius 3 is 2.45 bits per heavy atom. The van der Waals surface area contributed by atoms with Gasteiger partial charge in [-0.05, 0) is 40.4 Å². The second kappa shape index (κ2) is 6.17. The van der Waals surface area contributed by atoms with Crippen LogP contribution in [0.15, 0.2) is 24.3 Å². The van der Waals surface area contributed by atoms with E-state index in [4.69, 9.17) is 0 Å². The van der Waals surface area contributed by atoms with Crippen LogP contribution in [0.25, 0.3) is 0 Å². The van der Waals surface area contributed by atoms with Crippen molar-refractivity contribution in [1.82, 2.24) is 4.90 Å². The summed E-state index contributed by atoms with van der Waals surface area (Å²) in [6, 6.07) is 0. The third-order valence-electron chi connectivity index (χ3n) is 1.70. The van der Waals surface area contributed by atoms with Crippen molar-refractivity contribution < 1.29 is 0 Å². The van der Waals surface area contributed by atoms with Gasteiger partial charge in [0.25, 0.3) is 0 Å². The first kappa shape index (κ1) is 10.4. The van der Waals surface area contributed by atoms with E-state index in [0.29, 0.717) is 0 Å². The van der Waals surface area contributed by atoms with Gasteiger partial charge in [0.05, 0.1) is 0 Å². The van der Waals surface area contributed by atoms with Crippen molar-refractivity contribution in [2.24, 2.45) is 0 Å². The molecule has 0 aromatic carbocycles. The quantitative estimate of drug-likeness (QED) is 0.548. The summed E-state index contributed by atoms with van der Waals surface area (Å²) >= 11 is 0. The summed E-state index contributed by atoms with van der Waals surface area (Å²) in [4.78, 5) is 2.20. The van der Waals surface area contributed by atoms with Gasteiger partial charge in [0.2, 0.25) is 0 Å². The lowest BCUT2D eigenvalue weighted by Crippen LogP contribution is -2.12. The Hall–Kier alpha value is -0.560. The average molecular weight is 153 g/mol. The molecule has 0 bridgehead atoms. The first-order valence-corrected chi connectivity index (χ1v) is 4.13. The van der Waals surface area contributed by atoms with Crippen LogP contribution in [0, 0.1) is 0 Å². The zero-order chi connectivity index (χ0) is 8.69. The highest BCUT2D eigenvalue weighted by atomic mass is 15.0. The van der Waals surface area contributed by atoms with E-state index in [9.17, 15) is 0 Å². The van der Waals surface area contributed by atoms with Gasteiger partial charge in [-0.15, -0.1) is 0 Å². The van der Waals surface area contributed by atoms with Gasteiger partial charge in [0, 0.05) is 0 Å². The molecule has 64 valence electrons. The van der Waals surface area contributed by atoms with Crippen molar-refractivity contribution in [2.45, 2.75) is 19.8 Å². The van der Waals surface area contributed by atoms with Crippen LogP contribution in [0.2, 0.25) is 0 Å². The van der Waals surface area contributed by atoms with Gasteiger partial charge < -0.3 is 4.90 Å². The highest BCUT2D eigenvalue weighted by molar-refractivity contribution is 5.14. The van der Waals surface area contributed by atoms with Gasteiger partial charge in [0.15, 0.2) is 0 Å². The Labute approximate surface area is 70.4 Å². The fourth-order valence-corrected chi connectivity index (χ4v) is 0.964. The van der Waals surface area contributed by atoms with E-state index in [1.807, 2.05) is 6.08 Å². The van der Waals surface area contributed by atoms with Crippen LogP contribution in [0.5, 0.6) is 0 Å². The highest BCUT2D eigenvalue weighted by Gasteiger charge is 1.92. The second-order valence-electron chi connectivity index (χ2n) is 2.97. The highest BCUT2D eigenvalue weighted by Crippen LogP contribution is 2.05. The number of nitrogens with zero attached hydrogens (tertiary/aromatic N) is 1. The molecule has 0 amide bonds. The minimum Gasteiger partial charge on any atom is -0.309 e. The lowest BCUT2D eigenvalue weighted by atomic mass is 10.1. The van der Waals surface area contributed by atoms with Crippen LogP contribution in [0.3, 0.4) is 0 Å². The van der Waals surface area contributed by atoms with Crippen LogP contribution >= 0.6 is 0 Å². The molecule has 0 rings (SSSR count). The summed E-state index contributed by atoms with van der Waals surface area (Å²) in [5.74, 6) is 0. The van der Waals surface area contributed by atoms with E-state index in [1.165, 1.54) is 12.0 Å². The molecule has 1 nitrogen and oxygen atoms in total. The second-order valence-corrected chi connectivity index (χ2v) is 2.97. The van der Waals surface area contributed by atoms with Gasteiger partial charge in [-0.2, -0.15) is 0 Å². The maximum Gasteiger partial charge on any atom is -0.00217 e.